The third kappa shape index (κ3) is 4.08. The highest BCUT2D eigenvalue weighted by molar-refractivity contribution is 5.95. The molecular formula is C23H21F2N3O3. The Labute approximate surface area is 178 Å². The van der Waals surface area contributed by atoms with Crippen LogP contribution in [-0.2, 0) is 16.7 Å². The van der Waals surface area contributed by atoms with Crippen molar-refractivity contribution in [2.75, 3.05) is 13.3 Å². The highest BCUT2D eigenvalue weighted by Crippen LogP contribution is 2.53. The number of halogens is 2. The largest absolute Gasteiger partial charge is 0.479 e. The van der Waals surface area contributed by atoms with Crippen molar-refractivity contribution >= 4 is 11.8 Å². The fourth-order valence-corrected chi connectivity index (χ4v) is 3.84. The van der Waals surface area contributed by atoms with E-state index in [-0.39, 0.29) is 48.1 Å². The number of rotatable bonds is 7. The van der Waals surface area contributed by atoms with Gasteiger partial charge in [-0.3, -0.25) is 4.79 Å². The number of carbonyl (C=O) groups is 1. The number of Topliss-reactive ketones (excluding diaryl/α,β-unsaturated/α-hetero) is 1. The molecular weight excluding hydrogens is 404 g/mol. The van der Waals surface area contributed by atoms with Crippen LogP contribution in [0.2, 0.25) is 0 Å². The molecule has 0 radical (unpaired) electrons. The summed E-state index contributed by atoms with van der Waals surface area (Å²) in [4.78, 5) is 20.9. The molecule has 1 aliphatic heterocycles. The predicted molar refractivity (Wildman–Crippen MR) is 110 cm³/mol. The van der Waals surface area contributed by atoms with Gasteiger partial charge in [0.05, 0.1) is 6.20 Å². The standard InChI is InChI=1S/C23H21F2N3O3/c1-2-3-8-30-15-5-7-19(27-12-15)20(29)10-14-4-6-18(25)16(9-14)23(13-24)17-11-21(17)31-22(26)28-23/h4-7,9,12,17,21H,8,10-11,13H2,1H3,(H2,26,28)/t17-,21+,23+/m0/s1. The van der Waals surface area contributed by atoms with Gasteiger partial charge in [-0.15, -0.1) is 5.92 Å². The molecule has 0 spiro atoms. The number of benzene rings is 1. The molecule has 0 saturated heterocycles. The average Bonchev–Trinajstić information content (AvgIpc) is 3.55. The van der Waals surface area contributed by atoms with Gasteiger partial charge in [0, 0.05) is 17.9 Å². The zero-order chi connectivity index (χ0) is 22.0. The molecule has 0 bridgehead atoms. The molecule has 1 fully saturated rings. The molecule has 0 unspecified atom stereocenters. The monoisotopic (exact) mass is 425 g/mol. The maximum atomic E-state index is 14.7. The summed E-state index contributed by atoms with van der Waals surface area (Å²) in [6.45, 7) is 1.05. The molecule has 160 valence electrons. The Morgan fingerprint density at radius 3 is 2.94 bits per heavy atom. The molecule has 3 atom stereocenters. The summed E-state index contributed by atoms with van der Waals surface area (Å²) in [5.41, 5.74) is 5.14. The first-order valence-electron chi connectivity index (χ1n) is 9.85. The van der Waals surface area contributed by atoms with Crippen molar-refractivity contribution in [1.82, 2.24) is 4.98 Å². The van der Waals surface area contributed by atoms with E-state index in [1.165, 1.54) is 24.4 Å². The normalized spacial score (nSPS) is 23.5. The second kappa shape index (κ2) is 8.34. The number of carbonyl (C=O) groups excluding carboxylic acids is 1. The van der Waals surface area contributed by atoms with Gasteiger partial charge < -0.3 is 15.2 Å². The minimum Gasteiger partial charge on any atom is -0.479 e. The summed E-state index contributed by atoms with van der Waals surface area (Å²) in [5.74, 6) is 4.86. The van der Waals surface area contributed by atoms with Gasteiger partial charge in [-0.1, -0.05) is 12.0 Å². The molecule has 8 heteroatoms. The van der Waals surface area contributed by atoms with E-state index in [4.69, 9.17) is 15.2 Å². The smallest absolute Gasteiger partial charge is 0.283 e. The fraction of sp³-hybridized carbons (Fsp3) is 0.348. The number of nitrogens with zero attached hydrogens (tertiary/aromatic N) is 2. The van der Waals surface area contributed by atoms with Gasteiger partial charge in [0.25, 0.3) is 6.02 Å². The average molecular weight is 425 g/mol. The number of alkyl halides is 1. The molecule has 2 N–H and O–H groups in total. The summed E-state index contributed by atoms with van der Waals surface area (Å²) in [5, 5.41) is 0. The Bertz CT molecular complexity index is 1090. The van der Waals surface area contributed by atoms with E-state index < -0.39 is 18.0 Å². The van der Waals surface area contributed by atoms with E-state index in [1.807, 2.05) is 0 Å². The lowest BCUT2D eigenvalue weighted by atomic mass is 9.84. The van der Waals surface area contributed by atoms with Gasteiger partial charge >= 0.3 is 0 Å². The lowest BCUT2D eigenvalue weighted by molar-refractivity contribution is 0.0988. The molecule has 1 aliphatic carbocycles. The minimum atomic E-state index is -1.42. The second-order valence-corrected chi connectivity index (χ2v) is 7.52. The molecule has 6 nitrogen and oxygen atoms in total. The summed E-state index contributed by atoms with van der Waals surface area (Å²) in [6, 6.07) is 7.27. The summed E-state index contributed by atoms with van der Waals surface area (Å²) >= 11 is 0. The van der Waals surface area contributed by atoms with Gasteiger partial charge in [0.2, 0.25) is 0 Å². The first-order valence-corrected chi connectivity index (χ1v) is 9.85. The molecule has 31 heavy (non-hydrogen) atoms. The topological polar surface area (TPSA) is 86.8 Å². The number of aromatic nitrogens is 1. The van der Waals surface area contributed by atoms with Crippen molar-refractivity contribution in [1.29, 1.82) is 0 Å². The fourth-order valence-electron chi connectivity index (χ4n) is 3.84. The van der Waals surface area contributed by atoms with Crippen molar-refractivity contribution < 1.29 is 23.0 Å². The van der Waals surface area contributed by atoms with Crippen LogP contribution in [0.1, 0.15) is 35.0 Å². The Kier molecular flexibility index (Phi) is 5.59. The number of ether oxygens (including phenoxy) is 2. The lowest BCUT2D eigenvalue weighted by Gasteiger charge is -2.31. The first-order chi connectivity index (χ1) is 15.0. The maximum Gasteiger partial charge on any atom is 0.283 e. The SMILES string of the molecule is CC#CCOc1ccc(C(=O)Cc2ccc(F)c([C@@]3(CF)N=C(N)O[C@@H]4C[C@@H]43)c2)nc1. The van der Waals surface area contributed by atoms with Gasteiger partial charge in [0.1, 0.15) is 42.2 Å². The van der Waals surface area contributed by atoms with Crippen LogP contribution in [0, 0.1) is 23.6 Å². The number of hydrogen-bond donors (Lipinski definition) is 1. The molecule has 1 aromatic heterocycles. The number of ketones is 1. The Morgan fingerprint density at radius 1 is 1.39 bits per heavy atom. The third-order valence-corrected chi connectivity index (χ3v) is 5.50. The van der Waals surface area contributed by atoms with Crippen LogP contribution < -0.4 is 10.5 Å². The Balaban J connectivity index is 1.54. The number of fused-ring (bicyclic) bond motifs is 1. The molecule has 2 aromatic rings. The lowest BCUT2D eigenvalue weighted by Crippen LogP contribution is -2.39. The summed E-state index contributed by atoms with van der Waals surface area (Å²) in [7, 11) is 0. The molecule has 2 aliphatic rings. The van der Waals surface area contributed by atoms with Gasteiger partial charge in [-0.05, 0) is 43.2 Å². The molecule has 2 heterocycles. The zero-order valence-corrected chi connectivity index (χ0v) is 16.9. The number of hydrogen-bond acceptors (Lipinski definition) is 6. The maximum absolute atomic E-state index is 14.7. The predicted octanol–water partition coefficient (Wildman–Crippen LogP) is 2.95. The van der Waals surface area contributed by atoms with E-state index in [0.29, 0.717) is 17.7 Å². The number of amidine groups is 1. The van der Waals surface area contributed by atoms with E-state index in [1.54, 1.807) is 19.1 Å². The Morgan fingerprint density at radius 2 is 2.23 bits per heavy atom. The summed E-state index contributed by atoms with van der Waals surface area (Å²) < 4.78 is 39.6. The van der Waals surface area contributed by atoms with Gasteiger partial charge in [-0.25, -0.2) is 18.8 Å². The van der Waals surface area contributed by atoms with Crippen LogP contribution in [0.15, 0.2) is 41.5 Å². The van der Waals surface area contributed by atoms with Crippen LogP contribution in [0.4, 0.5) is 8.78 Å². The quantitative estimate of drug-likeness (QED) is 0.545. The van der Waals surface area contributed by atoms with Crippen LogP contribution >= 0.6 is 0 Å². The van der Waals surface area contributed by atoms with E-state index in [0.717, 1.165) is 0 Å². The van der Waals surface area contributed by atoms with Crippen molar-refractivity contribution in [2.24, 2.45) is 16.6 Å². The molecule has 4 rings (SSSR count). The van der Waals surface area contributed by atoms with Crippen LogP contribution in [0.3, 0.4) is 0 Å². The third-order valence-electron chi connectivity index (χ3n) is 5.50. The number of pyridine rings is 1. The number of aliphatic imine (C=N–C) groups is 1. The first kappa shape index (κ1) is 20.8. The van der Waals surface area contributed by atoms with E-state index >= 15 is 0 Å². The number of nitrogens with two attached hydrogens (primary N) is 1. The van der Waals surface area contributed by atoms with Crippen molar-refractivity contribution in [3.8, 4) is 17.6 Å². The second-order valence-electron chi connectivity index (χ2n) is 7.52. The van der Waals surface area contributed by atoms with Gasteiger partial charge in [0.15, 0.2) is 5.78 Å². The minimum absolute atomic E-state index is 0.0199. The molecule has 0 amide bonds. The van der Waals surface area contributed by atoms with Crippen molar-refractivity contribution in [3.63, 3.8) is 0 Å². The van der Waals surface area contributed by atoms with Crippen molar-refractivity contribution in [3.05, 3.63) is 59.2 Å². The van der Waals surface area contributed by atoms with E-state index in [9.17, 15) is 13.6 Å². The molecule has 1 saturated carbocycles. The van der Waals surface area contributed by atoms with Gasteiger partial charge in [-0.2, -0.15) is 0 Å². The van der Waals surface area contributed by atoms with Crippen LogP contribution in [0.5, 0.6) is 5.75 Å². The highest BCUT2D eigenvalue weighted by Gasteiger charge is 2.60. The van der Waals surface area contributed by atoms with Crippen LogP contribution in [0.25, 0.3) is 0 Å². The van der Waals surface area contributed by atoms with Crippen molar-refractivity contribution in [2.45, 2.75) is 31.4 Å². The molecule has 1 aromatic carbocycles. The zero-order valence-electron chi connectivity index (χ0n) is 16.9. The highest BCUT2D eigenvalue weighted by atomic mass is 19.1. The van der Waals surface area contributed by atoms with E-state index in [2.05, 4.69) is 21.8 Å². The van der Waals surface area contributed by atoms with Crippen LogP contribution in [-0.4, -0.2) is 36.2 Å². The summed E-state index contributed by atoms with van der Waals surface area (Å²) in [6.07, 6.45) is 1.73. The Hall–Kier alpha value is -3.47.